The molecule has 1 saturated heterocycles. The number of aromatic nitrogens is 1. The Balaban J connectivity index is 1.57. The van der Waals surface area contributed by atoms with E-state index in [-0.39, 0.29) is 5.43 Å². The normalized spacial score (nSPS) is 24.6. The van der Waals surface area contributed by atoms with E-state index in [1.54, 1.807) is 6.07 Å². The monoisotopic (exact) mass is 280 g/mol. The van der Waals surface area contributed by atoms with Gasteiger partial charge in [0.1, 0.15) is 0 Å². The van der Waals surface area contributed by atoms with Crippen molar-refractivity contribution in [2.24, 2.45) is 5.92 Å². The summed E-state index contributed by atoms with van der Waals surface area (Å²) in [6.07, 6.45) is 3.21. The zero-order valence-corrected chi connectivity index (χ0v) is 12.1. The van der Waals surface area contributed by atoms with Crippen LogP contribution in [0, 0.1) is 5.92 Å². The SMILES string of the molecule is O=c1ccn2c(c1)C1CC(CN(Cc3ccccc3)C1)C2. The molecule has 3 heterocycles. The third-order valence-corrected chi connectivity index (χ3v) is 4.78. The van der Waals surface area contributed by atoms with Crippen LogP contribution in [0.2, 0.25) is 0 Å². The van der Waals surface area contributed by atoms with E-state index >= 15 is 0 Å². The molecule has 3 nitrogen and oxygen atoms in total. The van der Waals surface area contributed by atoms with Gasteiger partial charge in [0.15, 0.2) is 5.43 Å². The lowest BCUT2D eigenvalue weighted by molar-refractivity contribution is 0.115. The molecular formula is C18H20N2O. The summed E-state index contributed by atoms with van der Waals surface area (Å²) in [6, 6.07) is 14.2. The molecule has 4 rings (SSSR count). The lowest BCUT2D eigenvalue weighted by Crippen LogP contribution is -2.44. The molecule has 2 unspecified atom stereocenters. The lowest BCUT2D eigenvalue weighted by Gasteiger charge is -2.43. The molecule has 108 valence electrons. The van der Waals surface area contributed by atoms with Crippen molar-refractivity contribution in [2.45, 2.75) is 25.4 Å². The predicted octanol–water partition coefficient (Wildman–Crippen LogP) is 2.47. The van der Waals surface area contributed by atoms with Gasteiger partial charge in [-0.3, -0.25) is 9.69 Å². The van der Waals surface area contributed by atoms with Crippen molar-refractivity contribution >= 4 is 0 Å². The molecule has 2 atom stereocenters. The Morgan fingerprint density at radius 1 is 1.05 bits per heavy atom. The Hall–Kier alpha value is -1.87. The highest BCUT2D eigenvalue weighted by Crippen LogP contribution is 2.35. The number of hydrogen-bond donors (Lipinski definition) is 0. The number of benzene rings is 1. The molecule has 2 aliphatic rings. The van der Waals surface area contributed by atoms with Crippen LogP contribution in [0.3, 0.4) is 0 Å². The summed E-state index contributed by atoms with van der Waals surface area (Å²) in [4.78, 5) is 14.2. The third-order valence-electron chi connectivity index (χ3n) is 4.78. The van der Waals surface area contributed by atoms with E-state index in [1.165, 1.54) is 17.7 Å². The van der Waals surface area contributed by atoms with Gasteiger partial charge < -0.3 is 4.57 Å². The molecule has 0 radical (unpaired) electrons. The lowest BCUT2D eigenvalue weighted by atomic mass is 9.83. The van der Waals surface area contributed by atoms with Crippen LogP contribution in [0.15, 0.2) is 53.5 Å². The molecule has 0 saturated carbocycles. The summed E-state index contributed by atoms with van der Waals surface area (Å²) < 4.78 is 2.29. The maximum absolute atomic E-state index is 11.6. The maximum Gasteiger partial charge on any atom is 0.181 e. The Bertz CT molecular complexity index is 692. The fraction of sp³-hybridized carbons (Fsp3) is 0.389. The summed E-state index contributed by atoms with van der Waals surface area (Å²) in [6.45, 7) is 4.30. The van der Waals surface area contributed by atoms with E-state index in [0.717, 1.165) is 26.2 Å². The molecule has 2 aliphatic heterocycles. The molecule has 2 aromatic rings. The average molecular weight is 280 g/mol. The summed E-state index contributed by atoms with van der Waals surface area (Å²) in [5.74, 6) is 1.22. The second kappa shape index (κ2) is 5.15. The minimum Gasteiger partial charge on any atom is -0.350 e. The number of likely N-dealkylation sites (tertiary alicyclic amines) is 1. The van der Waals surface area contributed by atoms with Gasteiger partial charge in [0.05, 0.1) is 0 Å². The van der Waals surface area contributed by atoms with E-state index < -0.39 is 0 Å². The van der Waals surface area contributed by atoms with Gasteiger partial charge in [0.2, 0.25) is 0 Å². The minimum atomic E-state index is 0.139. The largest absolute Gasteiger partial charge is 0.350 e. The first-order valence-corrected chi connectivity index (χ1v) is 7.74. The van der Waals surface area contributed by atoms with Crippen LogP contribution < -0.4 is 5.43 Å². The molecule has 0 amide bonds. The first kappa shape index (κ1) is 12.8. The summed E-state index contributed by atoms with van der Waals surface area (Å²) >= 11 is 0. The van der Waals surface area contributed by atoms with Gasteiger partial charge >= 0.3 is 0 Å². The number of nitrogens with zero attached hydrogens (tertiary/aromatic N) is 2. The Morgan fingerprint density at radius 2 is 1.90 bits per heavy atom. The highest BCUT2D eigenvalue weighted by atomic mass is 16.1. The van der Waals surface area contributed by atoms with Crippen LogP contribution in [0.4, 0.5) is 0 Å². The zero-order valence-electron chi connectivity index (χ0n) is 12.1. The van der Waals surface area contributed by atoms with Gasteiger partial charge in [-0.1, -0.05) is 30.3 Å². The zero-order chi connectivity index (χ0) is 14.2. The first-order chi connectivity index (χ1) is 10.3. The summed E-state index contributed by atoms with van der Waals surface area (Å²) in [7, 11) is 0. The van der Waals surface area contributed by atoms with E-state index in [1.807, 2.05) is 12.3 Å². The van der Waals surface area contributed by atoms with Crippen molar-refractivity contribution in [3.63, 3.8) is 0 Å². The highest BCUT2D eigenvalue weighted by Gasteiger charge is 2.33. The smallest absolute Gasteiger partial charge is 0.181 e. The third kappa shape index (κ3) is 2.54. The number of hydrogen-bond acceptors (Lipinski definition) is 2. The molecule has 0 aliphatic carbocycles. The second-order valence-electron chi connectivity index (χ2n) is 6.42. The number of pyridine rings is 1. The molecule has 0 N–H and O–H groups in total. The first-order valence-electron chi connectivity index (χ1n) is 7.74. The highest BCUT2D eigenvalue weighted by molar-refractivity contribution is 5.18. The maximum atomic E-state index is 11.6. The Labute approximate surface area is 124 Å². The molecule has 21 heavy (non-hydrogen) atoms. The van der Waals surface area contributed by atoms with E-state index in [2.05, 4.69) is 39.8 Å². The molecule has 2 bridgehead atoms. The van der Waals surface area contributed by atoms with Gasteiger partial charge in [-0.05, 0) is 17.9 Å². The van der Waals surface area contributed by atoms with Crippen LogP contribution >= 0.6 is 0 Å². The van der Waals surface area contributed by atoms with Crippen LogP contribution in [0.1, 0.15) is 23.6 Å². The number of rotatable bonds is 2. The van der Waals surface area contributed by atoms with Crippen LogP contribution in [0.5, 0.6) is 0 Å². The molecular weight excluding hydrogens is 260 g/mol. The number of piperidine rings is 1. The van der Waals surface area contributed by atoms with Gasteiger partial charge in [0.25, 0.3) is 0 Å². The van der Waals surface area contributed by atoms with E-state index in [9.17, 15) is 4.79 Å². The molecule has 3 heteroatoms. The Kier molecular flexibility index (Phi) is 3.15. The van der Waals surface area contributed by atoms with E-state index in [0.29, 0.717) is 11.8 Å². The van der Waals surface area contributed by atoms with Gasteiger partial charge in [0, 0.05) is 56.1 Å². The predicted molar refractivity (Wildman–Crippen MR) is 83.3 cm³/mol. The minimum absolute atomic E-state index is 0.139. The van der Waals surface area contributed by atoms with Crippen molar-refractivity contribution in [3.8, 4) is 0 Å². The van der Waals surface area contributed by atoms with Crippen molar-refractivity contribution in [1.29, 1.82) is 0 Å². The molecule has 0 spiro atoms. The standard InChI is InChI=1S/C18H20N2O/c21-17-6-7-20-12-15-8-16(18(20)9-17)13-19(11-15)10-14-4-2-1-3-5-14/h1-7,9,15-16H,8,10-13H2. The van der Waals surface area contributed by atoms with Gasteiger partial charge in [-0.25, -0.2) is 0 Å². The Morgan fingerprint density at radius 3 is 2.76 bits per heavy atom. The van der Waals surface area contributed by atoms with Crippen molar-refractivity contribution in [3.05, 3.63) is 70.1 Å². The fourth-order valence-electron chi connectivity index (χ4n) is 3.94. The van der Waals surface area contributed by atoms with Crippen LogP contribution in [-0.2, 0) is 13.1 Å². The quantitative estimate of drug-likeness (QED) is 0.844. The van der Waals surface area contributed by atoms with Crippen molar-refractivity contribution in [1.82, 2.24) is 9.47 Å². The van der Waals surface area contributed by atoms with Crippen LogP contribution in [-0.4, -0.2) is 22.6 Å². The topological polar surface area (TPSA) is 25.2 Å². The molecule has 1 aromatic heterocycles. The second-order valence-corrected chi connectivity index (χ2v) is 6.42. The summed E-state index contributed by atoms with van der Waals surface area (Å²) in [5.41, 5.74) is 2.75. The fourth-order valence-corrected chi connectivity index (χ4v) is 3.94. The van der Waals surface area contributed by atoms with Crippen molar-refractivity contribution in [2.75, 3.05) is 13.1 Å². The van der Waals surface area contributed by atoms with Crippen LogP contribution in [0.25, 0.3) is 0 Å². The van der Waals surface area contributed by atoms with Crippen molar-refractivity contribution < 1.29 is 0 Å². The average Bonchev–Trinajstić information content (AvgIpc) is 2.49. The number of fused-ring (bicyclic) bond motifs is 4. The van der Waals surface area contributed by atoms with E-state index in [4.69, 9.17) is 0 Å². The molecule has 1 aromatic carbocycles. The summed E-state index contributed by atoms with van der Waals surface area (Å²) in [5, 5.41) is 0. The molecule has 1 fully saturated rings. The van der Waals surface area contributed by atoms with Gasteiger partial charge in [-0.2, -0.15) is 0 Å². The van der Waals surface area contributed by atoms with Gasteiger partial charge in [-0.15, -0.1) is 0 Å².